The molecule has 2 rings (SSSR count). The van der Waals surface area contributed by atoms with Crippen LogP contribution in [0, 0.1) is 5.92 Å². The van der Waals surface area contributed by atoms with Gasteiger partial charge in [-0.05, 0) is 24.7 Å². The third-order valence-corrected chi connectivity index (χ3v) is 3.75. The molecule has 0 aromatic carbocycles. The number of amides is 1. The van der Waals surface area contributed by atoms with Crippen LogP contribution in [0.5, 0.6) is 0 Å². The summed E-state index contributed by atoms with van der Waals surface area (Å²) < 4.78 is 0. The largest absolute Gasteiger partial charge is 0.348 e. The van der Waals surface area contributed by atoms with E-state index < -0.39 is 0 Å². The molecule has 5 heteroatoms. The fourth-order valence-corrected chi connectivity index (χ4v) is 2.65. The summed E-state index contributed by atoms with van der Waals surface area (Å²) in [6.45, 7) is 4.54. The fourth-order valence-electron chi connectivity index (χ4n) is 2.65. The maximum absolute atomic E-state index is 12.3. The molecule has 0 saturated carbocycles. The smallest absolute Gasteiger partial charge is 0.227 e. The van der Waals surface area contributed by atoms with Crippen molar-refractivity contribution in [2.75, 3.05) is 47.3 Å². The predicted molar refractivity (Wildman–Crippen MR) is 79.2 cm³/mol. The molecular formula is C15H24N4O. The summed E-state index contributed by atoms with van der Waals surface area (Å²) in [4.78, 5) is 22.6. The number of likely N-dealkylation sites (N-methyl/N-ethyl adjacent to an activating group) is 1. The minimum absolute atomic E-state index is 0.0549. The van der Waals surface area contributed by atoms with Gasteiger partial charge in [0.2, 0.25) is 5.91 Å². The van der Waals surface area contributed by atoms with E-state index in [0.717, 1.165) is 32.7 Å². The van der Waals surface area contributed by atoms with Crippen molar-refractivity contribution in [2.24, 2.45) is 5.92 Å². The van der Waals surface area contributed by atoms with Crippen LogP contribution in [0.3, 0.4) is 0 Å². The SMILES string of the molecule is CN1CCN(Cc2ccncc2)C[C@@H](C(=O)N(C)C)C1. The second kappa shape index (κ2) is 6.81. The molecule has 1 amide bonds. The molecule has 1 atom stereocenters. The summed E-state index contributed by atoms with van der Waals surface area (Å²) >= 11 is 0. The van der Waals surface area contributed by atoms with E-state index in [1.54, 1.807) is 4.90 Å². The minimum Gasteiger partial charge on any atom is -0.348 e. The molecule has 0 spiro atoms. The van der Waals surface area contributed by atoms with E-state index in [9.17, 15) is 4.79 Å². The number of nitrogens with zero attached hydrogens (tertiary/aromatic N) is 4. The zero-order valence-electron chi connectivity index (χ0n) is 12.6. The molecule has 1 aliphatic heterocycles. The van der Waals surface area contributed by atoms with Crippen molar-refractivity contribution in [1.29, 1.82) is 0 Å². The fraction of sp³-hybridized carbons (Fsp3) is 0.600. The van der Waals surface area contributed by atoms with Crippen molar-refractivity contribution < 1.29 is 4.79 Å². The lowest BCUT2D eigenvalue weighted by atomic mass is 10.1. The summed E-state index contributed by atoms with van der Waals surface area (Å²) in [7, 11) is 5.76. The molecular weight excluding hydrogens is 252 g/mol. The van der Waals surface area contributed by atoms with Gasteiger partial charge in [-0.3, -0.25) is 14.7 Å². The standard InChI is InChI=1S/C15H24N4O/c1-17(2)15(20)14-11-18(3)8-9-19(12-14)10-13-4-6-16-7-5-13/h4-7,14H,8-12H2,1-3H3/t14-/m0/s1. The maximum atomic E-state index is 12.3. The molecule has 0 unspecified atom stereocenters. The van der Waals surface area contributed by atoms with E-state index in [2.05, 4.69) is 21.8 Å². The molecule has 1 aromatic heterocycles. The molecule has 20 heavy (non-hydrogen) atoms. The van der Waals surface area contributed by atoms with Crippen LogP contribution >= 0.6 is 0 Å². The van der Waals surface area contributed by atoms with E-state index in [-0.39, 0.29) is 11.8 Å². The van der Waals surface area contributed by atoms with Gasteiger partial charge in [0, 0.05) is 59.2 Å². The van der Waals surface area contributed by atoms with Crippen molar-refractivity contribution in [3.05, 3.63) is 30.1 Å². The Morgan fingerprint density at radius 2 is 2.00 bits per heavy atom. The number of aromatic nitrogens is 1. The number of rotatable bonds is 3. The predicted octanol–water partition coefficient (Wildman–Crippen LogP) is 0.533. The zero-order chi connectivity index (χ0) is 14.5. The van der Waals surface area contributed by atoms with E-state index in [1.165, 1.54) is 5.56 Å². The first-order valence-corrected chi connectivity index (χ1v) is 7.07. The van der Waals surface area contributed by atoms with Gasteiger partial charge >= 0.3 is 0 Å². The number of pyridine rings is 1. The highest BCUT2D eigenvalue weighted by Gasteiger charge is 2.27. The van der Waals surface area contributed by atoms with Gasteiger partial charge in [0.15, 0.2) is 0 Å². The lowest BCUT2D eigenvalue weighted by molar-refractivity contribution is -0.133. The molecule has 5 nitrogen and oxygen atoms in total. The first-order chi connectivity index (χ1) is 9.56. The molecule has 0 radical (unpaired) electrons. The maximum Gasteiger partial charge on any atom is 0.227 e. The molecule has 1 aromatic rings. The van der Waals surface area contributed by atoms with Gasteiger partial charge in [-0.25, -0.2) is 0 Å². The van der Waals surface area contributed by atoms with Crippen LogP contribution in [0.15, 0.2) is 24.5 Å². The van der Waals surface area contributed by atoms with Gasteiger partial charge in [-0.15, -0.1) is 0 Å². The molecule has 0 bridgehead atoms. The highest BCUT2D eigenvalue weighted by atomic mass is 16.2. The van der Waals surface area contributed by atoms with Gasteiger partial charge in [0.1, 0.15) is 0 Å². The molecule has 0 aliphatic carbocycles. The van der Waals surface area contributed by atoms with E-state index in [4.69, 9.17) is 0 Å². The number of carbonyl (C=O) groups excluding carboxylic acids is 1. The van der Waals surface area contributed by atoms with Crippen molar-refractivity contribution in [3.8, 4) is 0 Å². The van der Waals surface area contributed by atoms with Crippen LogP contribution < -0.4 is 0 Å². The Morgan fingerprint density at radius 1 is 1.30 bits per heavy atom. The first kappa shape index (κ1) is 14.9. The number of hydrogen-bond acceptors (Lipinski definition) is 4. The quantitative estimate of drug-likeness (QED) is 0.807. The second-order valence-electron chi connectivity index (χ2n) is 5.78. The van der Waals surface area contributed by atoms with Crippen LogP contribution in [-0.2, 0) is 11.3 Å². The van der Waals surface area contributed by atoms with E-state index in [0.29, 0.717) is 0 Å². The van der Waals surface area contributed by atoms with Crippen molar-refractivity contribution >= 4 is 5.91 Å². The monoisotopic (exact) mass is 276 g/mol. The van der Waals surface area contributed by atoms with Crippen molar-refractivity contribution in [1.82, 2.24) is 19.7 Å². The Morgan fingerprint density at radius 3 is 2.65 bits per heavy atom. The highest BCUT2D eigenvalue weighted by molar-refractivity contribution is 5.78. The highest BCUT2D eigenvalue weighted by Crippen LogP contribution is 2.13. The minimum atomic E-state index is 0.0549. The Labute approximate surface area is 121 Å². The van der Waals surface area contributed by atoms with E-state index >= 15 is 0 Å². The average molecular weight is 276 g/mol. The average Bonchev–Trinajstić information content (AvgIpc) is 2.61. The van der Waals surface area contributed by atoms with Crippen LogP contribution in [0.1, 0.15) is 5.56 Å². The number of hydrogen-bond donors (Lipinski definition) is 0. The zero-order valence-corrected chi connectivity index (χ0v) is 12.6. The molecule has 110 valence electrons. The second-order valence-corrected chi connectivity index (χ2v) is 5.78. The van der Waals surface area contributed by atoms with Gasteiger partial charge in [-0.2, -0.15) is 0 Å². The molecule has 0 N–H and O–H groups in total. The molecule has 1 aliphatic rings. The van der Waals surface area contributed by atoms with E-state index in [1.807, 2.05) is 38.6 Å². The normalized spacial score (nSPS) is 21.4. The molecule has 1 fully saturated rings. The Bertz CT molecular complexity index is 435. The topological polar surface area (TPSA) is 39.7 Å². The lowest BCUT2D eigenvalue weighted by Crippen LogP contribution is -2.40. The summed E-state index contributed by atoms with van der Waals surface area (Å²) in [6, 6.07) is 4.08. The number of carbonyl (C=O) groups is 1. The van der Waals surface area contributed by atoms with Crippen LogP contribution in [0.25, 0.3) is 0 Å². The van der Waals surface area contributed by atoms with Crippen LogP contribution in [0.2, 0.25) is 0 Å². The Kier molecular flexibility index (Phi) is 5.09. The van der Waals surface area contributed by atoms with Gasteiger partial charge in [0.05, 0.1) is 5.92 Å². The molecule has 1 saturated heterocycles. The Balaban J connectivity index is 2.04. The summed E-state index contributed by atoms with van der Waals surface area (Å²) in [5.74, 6) is 0.276. The lowest BCUT2D eigenvalue weighted by Gasteiger charge is -2.25. The third-order valence-electron chi connectivity index (χ3n) is 3.75. The van der Waals surface area contributed by atoms with Crippen molar-refractivity contribution in [3.63, 3.8) is 0 Å². The van der Waals surface area contributed by atoms with Crippen molar-refractivity contribution in [2.45, 2.75) is 6.54 Å². The summed E-state index contributed by atoms with van der Waals surface area (Å²) in [5, 5.41) is 0. The third kappa shape index (κ3) is 4.02. The van der Waals surface area contributed by atoms with Gasteiger partial charge in [0.25, 0.3) is 0 Å². The van der Waals surface area contributed by atoms with Crippen LogP contribution in [-0.4, -0.2) is 72.9 Å². The molecule has 2 heterocycles. The first-order valence-electron chi connectivity index (χ1n) is 7.07. The van der Waals surface area contributed by atoms with Crippen LogP contribution in [0.4, 0.5) is 0 Å². The van der Waals surface area contributed by atoms with Gasteiger partial charge in [-0.1, -0.05) is 0 Å². The Hall–Kier alpha value is -1.46. The van der Waals surface area contributed by atoms with Gasteiger partial charge < -0.3 is 9.80 Å². The summed E-state index contributed by atoms with van der Waals surface area (Å²) in [6.07, 6.45) is 3.64. The summed E-state index contributed by atoms with van der Waals surface area (Å²) in [5.41, 5.74) is 1.25.